The molecule has 8 heteroatoms. The van der Waals surface area contributed by atoms with Crippen molar-refractivity contribution in [1.29, 1.82) is 0 Å². The van der Waals surface area contributed by atoms with Crippen LogP contribution in [0.5, 0.6) is 0 Å². The van der Waals surface area contributed by atoms with Crippen molar-refractivity contribution >= 4 is 79.7 Å². The van der Waals surface area contributed by atoms with E-state index in [1.165, 1.54) is 169 Å². The van der Waals surface area contributed by atoms with Gasteiger partial charge in [0.25, 0.3) is 11.8 Å². The van der Waals surface area contributed by atoms with Gasteiger partial charge in [-0.25, -0.2) is 0 Å². The number of rotatable bonds is 32. The summed E-state index contributed by atoms with van der Waals surface area (Å²) in [5, 5.41) is 4.32. The molecule has 0 spiro atoms. The first-order chi connectivity index (χ1) is 36.2. The molecule has 2 unspecified atom stereocenters. The highest BCUT2D eigenvalue weighted by Crippen LogP contribution is 2.51. The van der Waals surface area contributed by atoms with Gasteiger partial charge in [0.1, 0.15) is 0 Å². The highest BCUT2D eigenvalue weighted by Gasteiger charge is 2.43. The number of amides is 2. The van der Waals surface area contributed by atoms with Crippen LogP contribution in [0.25, 0.3) is 51.5 Å². The van der Waals surface area contributed by atoms with Crippen molar-refractivity contribution in [2.24, 2.45) is 11.8 Å². The van der Waals surface area contributed by atoms with Crippen LogP contribution in [0, 0.1) is 25.7 Å². The Morgan fingerprint density at radius 2 is 0.770 bits per heavy atom. The van der Waals surface area contributed by atoms with Gasteiger partial charge in [-0.3, -0.25) is 9.59 Å². The van der Waals surface area contributed by atoms with Gasteiger partial charge in [0.2, 0.25) is 0 Å². The van der Waals surface area contributed by atoms with Gasteiger partial charge in [0.05, 0.1) is 22.5 Å². The molecule has 0 bridgehead atoms. The molecule has 0 N–H and O–H groups in total. The van der Waals surface area contributed by atoms with Gasteiger partial charge in [0.15, 0.2) is 0 Å². The standard InChI is InChI=1S/C66H86N2O2S4/c1-7-11-15-19-21-25-31-49(29-23-17-13-9-3)45-67-55-43-51(59-41-47(5)63(73-59)57-33-27-39-71-57)35-37-53(55)61(65(67)69)62-54-38-36-52(60-42-48(6)64(74-60)58-34-28-40-72-58)44-56(54)68(66(62)70)46-50(30-24-18-14-10-4)32-26-22-20-16-12-8-2/h27-28,33-44,49-50H,7-26,29-32,45-46H2,1-6H3/b62-61+. The van der Waals surface area contributed by atoms with Crippen LogP contribution in [0.15, 0.2) is 83.6 Å². The van der Waals surface area contributed by atoms with Crippen molar-refractivity contribution in [3.8, 4) is 40.4 Å². The van der Waals surface area contributed by atoms with Crippen LogP contribution in [0.3, 0.4) is 0 Å². The van der Waals surface area contributed by atoms with Gasteiger partial charge in [-0.2, -0.15) is 0 Å². The molecule has 0 radical (unpaired) electrons. The van der Waals surface area contributed by atoms with E-state index in [0.717, 1.165) is 59.3 Å². The van der Waals surface area contributed by atoms with E-state index < -0.39 is 0 Å². The first kappa shape index (κ1) is 56.1. The number of nitrogens with zero attached hydrogens (tertiary/aromatic N) is 2. The molecule has 2 aliphatic rings. The van der Waals surface area contributed by atoms with Crippen molar-refractivity contribution in [2.45, 2.75) is 196 Å². The minimum Gasteiger partial charge on any atom is -0.307 e. The molecule has 396 valence electrons. The molecule has 4 aromatic heterocycles. The lowest BCUT2D eigenvalue weighted by molar-refractivity contribution is -0.114. The summed E-state index contributed by atoms with van der Waals surface area (Å²) >= 11 is 7.27. The molecular weight excluding hydrogens is 981 g/mol. The van der Waals surface area contributed by atoms with Crippen LogP contribution in [0.1, 0.15) is 204 Å². The number of hydrogen-bond donors (Lipinski definition) is 0. The maximum atomic E-state index is 15.9. The number of carbonyl (C=O) groups is 2. The van der Waals surface area contributed by atoms with Gasteiger partial charge in [-0.1, -0.05) is 193 Å². The molecule has 2 aromatic carbocycles. The molecule has 2 atom stereocenters. The summed E-state index contributed by atoms with van der Waals surface area (Å²) < 4.78 is 0. The Labute approximate surface area is 462 Å². The van der Waals surface area contributed by atoms with E-state index in [1.807, 2.05) is 22.7 Å². The topological polar surface area (TPSA) is 40.6 Å². The normalized spacial score (nSPS) is 15.2. The first-order valence-electron chi connectivity index (χ1n) is 29.2. The molecule has 2 aliphatic heterocycles. The Morgan fingerprint density at radius 1 is 0.419 bits per heavy atom. The molecule has 6 aromatic rings. The minimum absolute atomic E-state index is 0.00168. The molecule has 74 heavy (non-hydrogen) atoms. The summed E-state index contributed by atoms with van der Waals surface area (Å²) in [6, 6.07) is 26.8. The van der Waals surface area contributed by atoms with Crippen LogP contribution < -0.4 is 9.80 Å². The SMILES string of the molecule is CCCCCCCCC(CCCCCC)CN1C(=O)/C(=C2/C(=O)N(CC(CCCCCC)CCCCCCCC)c3cc(-c4cc(C)c(-c5cccs5)s4)ccc32)c2ccc(-c3cc(C)c(-c4cccs4)s3)cc21. The van der Waals surface area contributed by atoms with Gasteiger partial charge in [-0.05, 0) is 121 Å². The highest BCUT2D eigenvalue weighted by molar-refractivity contribution is 7.24. The van der Waals surface area contributed by atoms with E-state index in [1.54, 1.807) is 22.7 Å². The molecule has 4 nitrogen and oxygen atoms in total. The highest BCUT2D eigenvalue weighted by atomic mass is 32.1. The van der Waals surface area contributed by atoms with E-state index in [2.05, 4.69) is 135 Å². The maximum Gasteiger partial charge on any atom is 0.259 e. The van der Waals surface area contributed by atoms with Crippen molar-refractivity contribution in [3.63, 3.8) is 0 Å². The third-order valence-electron chi connectivity index (χ3n) is 15.9. The smallest absolute Gasteiger partial charge is 0.259 e. The summed E-state index contributed by atoms with van der Waals surface area (Å²) in [7, 11) is 0. The summed E-state index contributed by atoms with van der Waals surface area (Å²) in [5.41, 5.74) is 9.79. The zero-order chi connectivity index (χ0) is 51.8. The fourth-order valence-electron chi connectivity index (χ4n) is 11.7. The molecule has 2 amide bonds. The number of unbranched alkanes of at least 4 members (excludes halogenated alkanes) is 16. The quantitative estimate of drug-likeness (QED) is 0.0312. The third-order valence-corrected chi connectivity index (χ3v) is 20.6. The van der Waals surface area contributed by atoms with Gasteiger partial charge in [0, 0.05) is 53.5 Å². The molecule has 6 heterocycles. The zero-order valence-electron chi connectivity index (χ0n) is 46.0. The fraction of sp³-hybridized carbons (Fsp3) is 0.515. The fourth-order valence-corrected chi connectivity index (χ4v) is 15.8. The van der Waals surface area contributed by atoms with Crippen molar-refractivity contribution in [3.05, 3.63) is 106 Å². The lowest BCUT2D eigenvalue weighted by Gasteiger charge is -2.25. The maximum absolute atomic E-state index is 15.9. The Balaban J connectivity index is 1.22. The van der Waals surface area contributed by atoms with E-state index in [4.69, 9.17) is 0 Å². The molecule has 0 saturated heterocycles. The molecular formula is C66H86N2O2S4. The zero-order valence-corrected chi connectivity index (χ0v) is 49.2. The average molecular weight is 1070 g/mol. The predicted molar refractivity (Wildman–Crippen MR) is 328 cm³/mol. The van der Waals surface area contributed by atoms with Crippen molar-refractivity contribution in [2.75, 3.05) is 22.9 Å². The van der Waals surface area contributed by atoms with Crippen LogP contribution in [0.2, 0.25) is 0 Å². The van der Waals surface area contributed by atoms with Gasteiger partial charge >= 0.3 is 0 Å². The molecule has 0 fully saturated rings. The number of carbonyl (C=O) groups excluding carboxylic acids is 2. The second kappa shape index (κ2) is 28.3. The number of thiophene rings is 4. The van der Waals surface area contributed by atoms with Crippen LogP contribution in [0.4, 0.5) is 11.4 Å². The monoisotopic (exact) mass is 1070 g/mol. The summed E-state index contributed by atoms with van der Waals surface area (Å²) in [5.74, 6) is 0.787. The van der Waals surface area contributed by atoms with Crippen LogP contribution >= 0.6 is 45.3 Å². The Kier molecular flexibility index (Phi) is 21.5. The average Bonchev–Trinajstić information content (AvgIpc) is 4.30. The minimum atomic E-state index is -0.00168. The largest absolute Gasteiger partial charge is 0.307 e. The number of anilines is 2. The number of aryl methyl sites for hydroxylation is 2. The predicted octanol–water partition coefficient (Wildman–Crippen LogP) is 21.5. The van der Waals surface area contributed by atoms with Gasteiger partial charge in [-0.15, -0.1) is 45.3 Å². The summed E-state index contributed by atoms with van der Waals surface area (Å²) in [6.07, 6.45) is 29.5. The van der Waals surface area contributed by atoms with Crippen molar-refractivity contribution in [1.82, 2.24) is 0 Å². The lowest BCUT2D eigenvalue weighted by atomic mass is 9.93. The number of hydrogen-bond acceptors (Lipinski definition) is 6. The van der Waals surface area contributed by atoms with Gasteiger partial charge < -0.3 is 9.80 Å². The molecule has 0 saturated carbocycles. The third kappa shape index (κ3) is 13.9. The summed E-state index contributed by atoms with van der Waals surface area (Å²) in [6.45, 7) is 15.0. The number of benzene rings is 2. The Bertz CT molecular complexity index is 2550. The molecule has 0 aliphatic carbocycles. The second-order valence-electron chi connectivity index (χ2n) is 21.8. The van der Waals surface area contributed by atoms with Crippen molar-refractivity contribution < 1.29 is 9.59 Å². The lowest BCUT2D eigenvalue weighted by Crippen LogP contribution is -2.34. The Morgan fingerprint density at radius 3 is 1.12 bits per heavy atom. The Hall–Kier alpha value is -4.08. The van der Waals surface area contributed by atoms with E-state index in [-0.39, 0.29) is 11.8 Å². The molecule has 8 rings (SSSR count). The van der Waals surface area contributed by atoms with E-state index >= 15 is 9.59 Å². The first-order valence-corrected chi connectivity index (χ1v) is 32.6. The second-order valence-corrected chi connectivity index (χ2v) is 25.8. The number of fused-ring (bicyclic) bond motifs is 2. The van der Waals surface area contributed by atoms with Crippen LogP contribution in [-0.2, 0) is 9.59 Å². The van der Waals surface area contributed by atoms with E-state index in [0.29, 0.717) is 36.1 Å². The summed E-state index contributed by atoms with van der Waals surface area (Å²) in [4.78, 5) is 43.6. The van der Waals surface area contributed by atoms with Crippen LogP contribution in [-0.4, -0.2) is 24.9 Å². The van der Waals surface area contributed by atoms with E-state index in [9.17, 15) is 0 Å².